The first-order valence-corrected chi connectivity index (χ1v) is 6.39. The molecule has 1 N–H and O–H groups in total. The van der Waals surface area contributed by atoms with Crippen LogP contribution >= 0.6 is 0 Å². The summed E-state index contributed by atoms with van der Waals surface area (Å²) in [5.41, 5.74) is 4.66. The fourth-order valence-electron chi connectivity index (χ4n) is 2.17. The Morgan fingerprint density at radius 1 is 1.37 bits per heavy atom. The zero-order chi connectivity index (χ0) is 13.8. The van der Waals surface area contributed by atoms with E-state index in [1.165, 1.54) is 16.8 Å². The topological polar surface area (TPSA) is 46.0 Å². The number of aromatic nitrogens is 3. The summed E-state index contributed by atoms with van der Waals surface area (Å²) in [6, 6.07) is 2.13. The molecule has 19 heavy (non-hydrogen) atoms. The Labute approximate surface area is 114 Å². The Balaban J connectivity index is 2.21. The lowest BCUT2D eigenvalue weighted by molar-refractivity contribution is 0.766. The van der Waals surface area contributed by atoms with Gasteiger partial charge >= 0.3 is 0 Å². The average Bonchev–Trinajstić information content (AvgIpc) is 2.77. The number of anilines is 1. The molecule has 0 amide bonds. The molecule has 2 aromatic rings. The van der Waals surface area contributed by atoms with E-state index >= 15 is 0 Å². The monoisotopic (exact) mass is 259 g/mol. The van der Waals surface area contributed by atoms with Crippen molar-refractivity contribution in [3.8, 4) is 0 Å². The molecule has 0 aliphatic heterocycles. The second-order valence-corrected chi connectivity index (χ2v) is 4.86. The lowest BCUT2D eigenvalue weighted by Crippen LogP contribution is -2.20. The van der Waals surface area contributed by atoms with Crippen molar-refractivity contribution in [2.45, 2.75) is 20.0 Å². The van der Waals surface area contributed by atoms with Gasteiger partial charge in [-0.05, 0) is 20.0 Å². The van der Waals surface area contributed by atoms with E-state index in [-0.39, 0.29) is 0 Å². The first kappa shape index (κ1) is 13.5. The fraction of sp³-hybridized carbons (Fsp3) is 0.429. The Bertz CT molecular complexity index is 547. The molecule has 5 heteroatoms. The highest BCUT2D eigenvalue weighted by molar-refractivity contribution is 5.53. The predicted octanol–water partition coefficient (Wildman–Crippen LogP) is 1.48. The molecule has 0 radical (unpaired) electrons. The molecular weight excluding hydrogens is 238 g/mol. The van der Waals surface area contributed by atoms with E-state index in [1.807, 2.05) is 44.3 Å². The first-order valence-electron chi connectivity index (χ1n) is 6.39. The Hall–Kier alpha value is -1.88. The number of hydrogen-bond acceptors (Lipinski definition) is 4. The highest BCUT2D eigenvalue weighted by atomic mass is 15.2. The van der Waals surface area contributed by atoms with E-state index in [4.69, 9.17) is 0 Å². The van der Waals surface area contributed by atoms with E-state index in [1.54, 1.807) is 0 Å². The van der Waals surface area contributed by atoms with Gasteiger partial charge in [0, 0.05) is 62.1 Å². The standard InChI is InChI=1S/C14H21N5/c1-11-5-14(13(7-15-2)8-16-11)18(3)9-12-6-17-19(4)10-12/h5-6,8,10,15H,7,9H2,1-4H3. The number of nitrogens with zero attached hydrogens (tertiary/aromatic N) is 4. The normalized spacial score (nSPS) is 10.7. The molecule has 0 spiro atoms. The summed E-state index contributed by atoms with van der Waals surface area (Å²) in [7, 11) is 5.98. The molecule has 0 aliphatic carbocycles. The van der Waals surface area contributed by atoms with Crippen LogP contribution in [0.15, 0.2) is 24.7 Å². The quantitative estimate of drug-likeness (QED) is 0.883. The van der Waals surface area contributed by atoms with Crippen molar-refractivity contribution in [2.24, 2.45) is 7.05 Å². The molecule has 0 unspecified atom stereocenters. The number of nitrogens with one attached hydrogen (secondary N) is 1. The number of rotatable bonds is 5. The van der Waals surface area contributed by atoms with Gasteiger partial charge in [0.1, 0.15) is 0 Å². The summed E-state index contributed by atoms with van der Waals surface area (Å²) in [6.45, 7) is 3.68. The lowest BCUT2D eigenvalue weighted by atomic mass is 10.2. The van der Waals surface area contributed by atoms with Gasteiger partial charge in [-0.15, -0.1) is 0 Å². The van der Waals surface area contributed by atoms with Gasteiger partial charge in [0.15, 0.2) is 0 Å². The van der Waals surface area contributed by atoms with Crippen LogP contribution in [0.25, 0.3) is 0 Å². The Morgan fingerprint density at radius 3 is 2.79 bits per heavy atom. The molecule has 0 fully saturated rings. The molecule has 0 aromatic carbocycles. The summed E-state index contributed by atoms with van der Waals surface area (Å²) in [4.78, 5) is 6.60. The molecule has 0 saturated carbocycles. The smallest absolute Gasteiger partial charge is 0.0539 e. The van der Waals surface area contributed by atoms with Crippen molar-refractivity contribution in [1.82, 2.24) is 20.1 Å². The van der Waals surface area contributed by atoms with E-state index in [9.17, 15) is 0 Å². The average molecular weight is 259 g/mol. The molecule has 0 aliphatic rings. The predicted molar refractivity (Wildman–Crippen MR) is 77.1 cm³/mol. The van der Waals surface area contributed by atoms with E-state index < -0.39 is 0 Å². The van der Waals surface area contributed by atoms with Gasteiger partial charge < -0.3 is 10.2 Å². The van der Waals surface area contributed by atoms with E-state index in [0.29, 0.717) is 0 Å². The van der Waals surface area contributed by atoms with Crippen LogP contribution in [0.2, 0.25) is 0 Å². The third-order valence-electron chi connectivity index (χ3n) is 3.06. The number of pyridine rings is 1. The largest absolute Gasteiger partial charge is 0.370 e. The van der Waals surface area contributed by atoms with Crippen LogP contribution in [0.3, 0.4) is 0 Å². The van der Waals surface area contributed by atoms with E-state index in [0.717, 1.165) is 18.8 Å². The number of aryl methyl sites for hydroxylation is 2. The SMILES string of the molecule is CNCc1cnc(C)cc1N(C)Cc1cnn(C)c1. The van der Waals surface area contributed by atoms with Gasteiger partial charge in [-0.1, -0.05) is 0 Å². The van der Waals surface area contributed by atoms with Gasteiger partial charge in [-0.25, -0.2) is 0 Å². The minimum absolute atomic E-state index is 0.819. The Kier molecular flexibility index (Phi) is 4.16. The van der Waals surface area contributed by atoms with Crippen molar-refractivity contribution < 1.29 is 0 Å². The molecular formula is C14H21N5. The summed E-state index contributed by atoms with van der Waals surface area (Å²) >= 11 is 0. The van der Waals surface area contributed by atoms with Crippen LogP contribution in [-0.2, 0) is 20.1 Å². The summed E-state index contributed by atoms with van der Waals surface area (Å²) in [5, 5.41) is 7.39. The molecule has 0 bridgehead atoms. The molecule has 0 saturated heterocycles. The Morgan fingerprint density at radius 2 is 2.16 bits per heavy atom. The van der Waals surface area contributed by atoms with Crippen molar-refractivity contribution in [3.05, 3.63) is 41.5 Å². The minimum atomic E-state index is 0.819. The van der Waals surface area contributed by atoms with Gasteiger partial charge in [-0.3, -0.25) is 9.67 Å². The second kappa shape index (κ2) is 5.84. The fourth-order valence-corrected chi connectivity index (χ4v) is 2.17. The maximum atomic E-state index is 4.37. The van der Waals surface area contributed by atoms with Crippen molar-refractivity contribution in [3.63, 3.8) is 0 Å². The summed E-state index contributed by atoms with van der Waals surface area (Å²) in [6.07, 6.45) is 5.89. The number of hydrogen-bond donors (Lipinski definition) is 1. The lowest BCUT2D eigenvalue weighted by Gasteiger charge is -2.22. The van der Waals surface area contributed by atoms with Crippen molar-refractivity contribution >= 4 is 5.69 Å². The minimum Gasteiger partial charge on any atom is -0.370 e. The highest BCUT2D eigenvalue weighted by Gasteiger charge is 2.09. The van der Waals surface area contributed by atoms with Crippen molar-refractivity contribution in [2.75, 3.05) is 19.0 Å². The van der Waals surface area contributed by atoms with Crippen molar-refractivity contribution in [1.29, 1.82) is 0 Å². The highest BCUT2D eigenvalue weighted by Crippen LogP contribution is 2.21. The zero-order valence-electron chi connectivity index (χ0n) is 12.0. The van der Waals surface area contributed by atoms with Gasteiger partial charge in [-0.2, -0.15) is 5.10 Å². The molecule has 2 rings (SSSR count). The van der Waals surface area contributed by atoms with Gasteiger partial charge in [0.2, 0.25) is 0 Å². The second-order valence-electron chi connectivity index (χ2n) is 4.86. The molecule has 2 heterocycles. The van der Waals surface area contributed by atoms with Crippen LogP contribution < -0.4 is 10.2 Å². The molecule has 5 nitrogen and oxygen atoms in total. The van der Waals surface area contributed by atoms with Crippen LogP contribution in [0.1, 0.15) is 16.8 Å². The third-order valence-corrected chi connectivity index (χ3v) is 3.06. The first-order chi connectivity index (χ1) is 9.10. The zero-order valence-corrected chi connectivity index (χ0v) is 12.0. The molecule has 0 atom stereocenters. The molecule has 102 valence electrons. The van der Waals surface area contributed by atoms with E-state index in [2.05, 4.69) is 33.4 Å². The molecule has 2 aromatic heterocycles. The maximum absolute atomic E-state index is 4.37. The van der Waals surface area contributed by atoms with Crippen LogP contribution in [-0.4, -0.2) is 28.9 Å². The summed E-state index contributed by atoms with van der Waals surface area (Å²) in [5.74, 6) is 0. The summed E-state index contributed by atoms with van der Waals surface area (Å²) < 4.78 is 1.83. The third kappa shape index (κ3) is 3.32. The van der Waals surface area contributed by atoms with Crippen LogP contribution in [0, 0.1) is 6.92 Å². The van der Waals surface area contributed by atoms with Crippen LogP contribution in [0.4, 0.5) is 5.69 Å². The van der Waals surface area contributed by atoms with Crippen LogP contribution in [0.5, 0.6) is 0 Å². The van der Waals surface area contributed by atoms with Gasteiger partial charge in [0.25, 0.3) is 0 Å². The van der Waals surface area contributed by atoms with Gasteiger partial charge in [0.05, 0.1) is 6.20 Å². The maximum Gasteiger partial charge on any atom is 0.0539 e.